The molecular weight excluding hydrogens is 234 g/mol. The van der Waals surface area contributed by atoms with Crippen LogP contribution >= 0.6 is 0 Å². The lowest BCUT2D eigenvalue weighted by Crippen LogP contribution is -2.45. The summed E-state index contributed by atoms with van der Waals surface area (Å²) in [4.78, 5) is 25.6. The molecule has 0 spiro atoms. The Hall–Kier alpha value is -1.72. The zero-order valence-corrected chi connectivity index (χ0v) is 10.4. The van der Waals surface area contributed by atoms with Gasteiger partial charge in [0.1, 0.15) is 0 Å². The van der Waals surface area contributed by atoms with Crippen LogP contribution in [0.4, 0.5) is 0 Å². The molecule has 0 N–H and O–H groups in total. The minimum absolute atomic E-state index is 0.263. The average Bonchev–Trinajstić information content (AvgIpc) is 2.63. The number of nitrogens with zero attached hydrogens (tertiary/aromatic N) is 1. The van der Waals surface area contributed by atoms with Crippen LogP contribution in [0.1, 0.15) is 20.7 Å². The van der Waals surface area contributed by atoms with Crippen LogP contribution in [0, 0.1) is 0 Å². The molecule has 1 aliphatic rings. The van der Waals surface area contributed by atoms with E-state index >= 15 is 0 Å². The molecule has 96 valence electrons. The summed E-state index contributed by atoms with van der Waals surface area (Å²) in [6.07, 6.45) is 0. The Balaban J connectivity index is 2.31. The highest BCUT2D eigenvalue weighted by Gasteiger charge is 2.39. The van der Waals surface area contributed by atoms with E-state index in [1.54, 1.807) is 24.3 Å². The number of imide groups is 1. The number of hydrogen-bond acceptors (Lipinski definition) is 4. The van der Waals surface area contributed by atoms with Gasteiger partial charge in [0.2, 0.25) is 0 Å². The highest BCUT2D eigenvalue weighted by Crippen LogP contribution is 2.24. The zero-order valence-electron chi connectivity index (χ0n) is 10.4. The number of benzene rings is 1. The molecule has 1 aromatic carbocycles. The van der Waals surface area contributed by atoms with Crippen LogP contribution in [0.25, 0.3) is 0 Å². The predicted molar refractivity (Wildman–Crippen MR) is 64.5 cm³/mol. The van der Waals surface area contributed by atoms with Crippen molar-refractivity contribution in [3.8, 4) is 0 Å². The van der Waals surface area contributed by atoms with E-state index in [2.05, 4.69) is 0 Å². The first kappa shape index (κ1) is 12.7. The van der Waals surface area contributed by atoms with Crippen molar-refractivity contribution in [2.75, 3.05) is 27.4 Å². The Kier molecular flexibility index (Phi) is 3.74. The molecule has 0 unspecified atom stereocenters. The van der Waals surface area contributed by atoms with E-state index in [1.807, 2.05) is 0 Å². The van der Waals surface area contributed by atoms with Gasteiger partial charge < -0.3 is 9.47 Å². The van der Waals surface area contributed by atoms with E-state index in [-0.39, 0.29) is 25.0 Å². The highest BCUT2D eigenvalue weighted by molar-refractivity contribution is 6.21. The molecule has 0 radical (unpaired) electrons. The number of methoxy groups -OCH3 is 2. The van der Waals surface area contributed by atoms with Crippen LogP contribution in [0.5, 0.6) is 0 Å². The second-order valence-corrected chi connectivity index (χ2v) is 4.09. The fourth-order valence-electron chi connectivity index (χ4n) is 2.12. The summed E-state index contributed by atoms with van der Waals surface area (Å²) in [5.74, 6) is -0.565. The van der Waals surface area contributed by atoms with E-state index in [4.69, 9.17) is 9.47 Å². The molecule has 0 bridgehead atoms. The molecule has 1 heterocycles. The largest absolute Gasteiger partial charge is 0.382 e. The second kappa shape index (κ2) is 5.29. The van der Waals surface area contributed by atoms with Gasteiger partial charge in [-0.1, -0.05) is 12.1 Å². The summed E-state index contributed by atoms with van der Waals surface area (Å²) in [7, 11) is 3.06. The highest BCUT2D eigenvalue weighted by atomic mass is 16.5. The zero-order chi connectivity index (χ0) is 13.1. The van der Waals surface area contributed by atoms with Crippen molar-refractivity contribution in [2.45, 2.75) is 6.04 Å². The Morgan fingerprint density at radius 3 is 1.83 bits per heavy atom. The topological polar surface area (TPSA) is 55.8 Å². The molecule has 0 saturated carbocycles. The van der Waals surface area contributed by atoms with Crippen LogP contribution in [-0.2, 0) is 9.47 Å². The monoisotopic (exact) mass is 249 g/mol. The van der Waals surface area contributed by atoms with Crippen molar-refractivity contribution in [2.24, 2.45) is 0 Å². The lowest BCUT2D eigenvalue weighted by Gasteiger charge is -2.24. The van der Waals surface area contributed by atoms with Crippen molar-refractivity contribution in [1.82, 2.24) is 4.90 Å². The third-order valence-electron chi connectivity index (χ3n) is 2.91. The van der Waals surface area contributed by atoms with E-state index < -0.39 is 6.04 Å². The van der Waals surface area contributed by atoms with Gasteiger partial charge in [-0.15, -0.1) is 0 Å². The fraction of sp³-hybridized carbons (Fsp3) is 0.385. The normalized spacial score (nSPS) is 14.5. The van der Waals surface area contributed by atoms with E-state index in [1.165, 1.54) is 19.1 Å². The first-order valence-corrected chi connectivity index (χ1v) is 5.65. The third-order valence-corrected chi connectivity index (χ3v) is 2.91. The van der Waals surface area contributed by atoms with Gasteiger partial charge in [-0.2, -0.15) is 0 Å². The number of ether oxygens (including phenoxy) is 2. The van der Waals surface area contributed by atoms with E-state index in [9.17, 15) is 9.59 Å². The van der Waals surface area contributed by atoms with Crippen LogP contribution in [0.3, 0.4) is 0 Å². The maximum absolute atomic E-state index is 12.2. The molecule has 18 heavy (non-hydrogen) atoms. The minimum atomic E-state index is -0.396. The Bertz CT molecular complexity index is 431. The molecule has 0 aromatic heterocycles. The molecule has 0 aliphatic carbocycles. The van der Waals surface area contributed by atoms with Crippen LogP contribution in [0.15, 0.2) is 24.3 Å². The Labute approximate surface area is 105 Å². The first-order chi connectivity index (χ1) is 8.70. The van der Waals surface area contributed by atoms with Crippen molar-refractivity contribution in [3.05, 3.63) is 35.4 Å². The lowest BCUT2D eigenvalue weighted by molar-refractivity contribution is 0.0290. The number of rotatable bonds is 5. The number of carbonyl (C=O) groups is 2. The Morgan fingerprint density at radius 2 is 1.44 bits per heavy atom. The van der Waals surface area contributed by atoms with Gasteiger partial charge in [-0.05, 0) is 12.1 Å². The molecule has 1 aromatic rings. The summed E-state index contributed by atoms with van der Waals surface area (Å²) < 4.78 is 10.1. The summed E-state index contributed by atoms with van der Waals surface area (Å²) >= 11 is 0. The molecule has 0 fully saturated rings. The quantitative estimate of drug-likeness (QED) is 0.729. The standard InChI is InChI=1S/C13H15NO4/c1-17-7-9(8-18-2)14-12(15)10-5-3-4-6-11(10)13(14)16/h3-6,9H,7-8H2,1-2H3. The van der Waals surface area contributed by atoms with Gasteiger partial charge in [0.15, 0.2) is 0 Å². The van der Waals surface area contributed by atoms with Crippen molar-refractivity contribution < 1.29 is 19.1 Å². The number of hydrogen-bond donors (Lipinski definition) is 0. The summed E-state index contributed by atoms with van der Waals surface area (Å²) in [6, 6.07) is 6.41. The molecule has 1 aliphatic heterocycles. The van der Waals surface area contributed by atoms with Crippen LogP contribution < -0.4 is 0 Å². The van der Waals surface area contributed by atoms with E-state index in [0.717, 1.165) is 0 Å². The average molecular weight is 249 g/mol. The molecular formula is C13H15NO4. The van der Waals surface area contributed by atoms with Crippen molar-refractivity contribution in [3.63, 3.8) is 0 Å². The van der Waals surface area contributed by atoms with Gasteiger partial charge in [-0.3, -0.25) is 14.5 Å². The van der Waals surface area contributed by atoms with Crippen molar-refractivity contribution in [1.29, 1.82) is 0 Å². The smallest absolute Gasteiger partial charge is 0.261 e. The summed E-state index contributed by atoms with van der Waals surface area (Å²) in [6.45, 7) is 0.526. The second-order valence-electron chi connectivity index (χ2n) is 4.09. The summed E-state index contributed by atoms with van der Waals surface area (Å²) in [5, 5.41) is 0. The van der Waals surface area contributed by atoms with Gasteiger partial charge in [0.25, 0.3) is 11.8 Å². The number of amides is 2. The lowest BCUT2D eigenvalue weighted by atomic mass is 10.1. The molecule has 2 amide bonds. The summed E-state index contributed by atoms with van der Waals surface area (Å²) in [5.41, 5.74) is 0.888. The molecule has 5 nitrogen and oxygen atoms in total. The predicted octanol–water partition coefficient (Wildman–Crippen LogP) is 0.944. The Morgan fingerprint density at radius 1 is 1.00 bits per heavy atom. The molecule has 2 rings (SSSR count). The van der Waals surface area contributed by atoms with Crippen LogP contribution in [-0.4, -0.2) is 50.2 Å². The maximum Gasteiger partial charge on any atom is 0.261 e. The van der Waals surface area contributed by atoms with Crippen molar-refractivity contribution >= 4 is 11.8 Å². The molecule has 0 saturated heterocycles. The van der Waals surface area contributed by atoms with Gasteiger partial charge in [-0.25, -0.2) is 0 Å². The third kappa shape index (κ3) is 2.02. The van der Waals surface area contributed by atoms with Gasteiger partial charge >= 0.3 is 0 Å². The van der Waals surface area contributed by atoms with Gasteiger partial charge in [0.05, 0.1) is 30.4 Å². The number of fused-ring (bicyclic) bond motifs is 1. The van der Waals surface area contributed by atoms with Gasteiger partial charge in [0, 0.05) is 14.2 Å². The number of carbonyl (C=O) groups excluding carboxylic acids is 2. The minimum Gasteiger partial charge on any atom is -0.382 e. The van der Waals surface area contributed by atoms with E-state index in [0.29, 0.717) is 11.1 Å². The molecule has 5 heteroatoms. The van der Waals surface area contributed by atoms with Crippen LogP contribution in [0.2, 0.25) is 0 Å². The SMILES string of the molecule is COCC(COC)N1C(=O)c2ccccc2C1=O. The fourth-order valence-corrected chi connectivity index (χ4v) is 2.12. The molecule has 0 atom stereocenters. The maximum atomic E-state index is 12.2. The first-order valence-electron chi connectivity index (χ1n) is 5.65.